The van der Waals surface area contributed by atoms with Gasteiger partial charge < -0.3 is 16.0 Å². The van der Waals surface area contributed by atoms with Gasteiger partial charge in [-0.05, 0) is 19.1 Å². The Hall–Kier alpha value is -2.63. The van der Waals surface area contributed by atoms with E-state index in [0.717, 1.165) is 5.69 Å². The first-order valence-electron chi connectivity index (χ1n) is 6.15. The number of hydrogen-bond acceptors (Lipinski definition) is 6. The van der Waals surface area contributed by atoms with Crippen LogP contribution in [0.1, 0.15) is 17.3 Å². The number of nitrogen functional groups attached to an aromatic ring is 1. The van der Waals surface area contributed by atoms with Crippen LogP contribution in [0.2, 0.25) is 0 Å². The molecule has 6 nitrogen and oxygen atoms in total. The lowest BCUT2D eigenvalue weighted by Crippen LogP contribution is -2.14. The third-order valence-electron chi connectivity index (χ3n) is 2.82. The van der Waals surface area contributed by atoms with E-state index < -0.39 is 0 Å². The van der Waals surface area contributed by atoms with Crippen LogP contribution in [-0.2, 0) is 0 Å². The van der Waals surface area contributed by atoms with Gasteiger partial charge in [0.05, 0.1) is 0 Å². The summed E-state index contributed by atoms with van der Waals surface area (Å²) in [7, 11) is 3.72. The highest BCUT2D eigenvalue weighted by Crippen LogP contribution is 2.27. The summed E-state index contributed by atoms with van der Waals surface area (Å²) in [5, 5.41) is 3.11. The molecule has 0 radical (unpaired) electrons. The molecule has 1 aromatic heterocycles. The Morgan fingerprint density at radius 1 is 1.30 bits per heavy atom. The number of hydrogen-bond donors (Lipinski definition) is 2. The Kier molecular flexibility index (Phi) is 3.84. The van der Waals surface area contributed by atoms with Crippen LogP contribution in [0, 0.1) is 0 Å². The van der Waals surface area contributed by atoms with E-state index in [1.165, 1.54) is 13.3 Å². The second kappa shape index (κ2) is 5.56. The molecule has 6 heteroatoms. The number of carbonyl (C=O) groups excluding carboxylic acids is 1. The molecule has 0 fully saturated rings. The monoisotopic (exact) mass is 271 g/mol. The standard InChI is InChI=1S/C14H17N5O/c1-9(20)10-5-4-6-11(7-10)18-13-12(15)14(19(2)3)17-8-16-13/h4-8H,15H2,1-3H3,(H,16,17,18). The molecule has 1 aromatic carbocycles. The fourth-order valence-electron chi connectivity index (χ4n) is 1.79. The van der Waals surface area contributed by atoms with E-state index >= 15 is 0 Å². The average Bonchev–Trinajstić information content (AvgIpc) is 2.41. The van der Waals surface area contributed by atoms with Gasteiger partial charge in [0.2, 0.25) is 0 Å². The zero-order chi connectivity index (χ0) is 14.7. The van der Waals surface area contributed by atoms with E-state index in [0.29, 0.717) is 22.9 Å². The van der Waals surface area contributed by atoms with Gasteiger partial charge in [-0.15, -0.1) is 0 Å². The first kappa shape index (κ1) is 13.8. The van der Waals surface area contributed by atoms with E-state index in [1.807, 2.05) is 31.1 Å². The van der Waals surface area contributed by atoms with Crippen LogP contribution < -0.4 is 16.0 Å². The van der Waals surface area contributed by atoms with Crippen LogP contribution in [0.25, 0.3) is 0 Å². The second-order valence-electron chi connectivity index (χ2n) is 4.62. The summed E-state index contributed by atoms with van der Waals surface area (Å²) in [6, 6.07) is 7.19. The normalized spacial score (nSPS) is 10.2. The Labute approximate surface area is 117 Å². The van der Waals surface area contributed by atoms with Crippen LogP contribution in [0.3, 0.4) is 0 Å². The van der Waals surface area contributed by atoms with Crippen LogP contribution in [0.5, 0.6) is 0 Å². The molecule has 1 heterocycles. The highest BCUT2D eigenvalue weighted by Gasteiger charge is 2.10. The molecule has 104 valence electrons. The van der Waals surface area contributed by atoms with Crippen molar-refractivity contribution in [2.24, 2.45) is 0 Å². The van der Waals surface area contributed by atoms with Crippen molar-refractivity contribution in [3.8, 4) is 0 Å². The van der Waals surface area contributed by atoms with Crippen LogP contribution in [-0.4, -0.2) is 29.8 Å². The van der Waals surface area contributed by atoms with Gasteiger partial charge in [0.1, 0.15) is 12.0 Å². The molecule has 3 N–H and O–H groups in total. The van der Waals surface area contributed by atoms with Gasteiger partial charge in [0.15, 0.2) is 17.4 Å². The van der Waals surface area contributed by atoms with Crippen LogP contribution >= 0.6 is 0 Å². The minimum Gasteiger partial charge on any atom is -0.393 e. The van der Waals surface area contributed by atoms with Gasteiger partial charge >= 0.3 is 0 Å². The summed E-state index contributed by atoms with van der Waals surface area (Å²) in [4.78, 5) is 21.4. The third kappa shape index (κ3) is 2.85. The molecule has 0 aliphatic heterocycles. The van der Waals surface area contributed by atoms with Crippen molar-refractivity contribution in [1.82, 2.24) is 9.97 Å². The first-order chi connectivity index (χ1) is 9.49. The molecule has 0 saturated carbocycles. The number of ketones is 1. The van der Waals surface area contributed by atoms with E-state index in [-0.39, 0.29) is 5.78 Å². The van der Waals surface area contributed by atoms with Crippen molar-refractivity contribution in [3.05, 3.63) is 36.2 Å². The smallest absolute Gasteiger partial charge is 0.159 e. The lowest BCUT2D eigenvalue weighted by molar-refractivity contribution is 0.101. The number of carbonyl (C=O) groups is 1. The molecule has 0 amide bonds. The van der Waals surface area contributed by atoms with Gasteiger partial charge in [0, 0.05) is 25.3 Å². The highest BCUT2D eigenvalue weighted by atomic mass is 16.1. The predicted molar refractivity (Wildman–Crippen MR) is 80.5 cm³/mol. The Morgan fingerprint density at radius 3 is 2.70 bits per heavy atom. The average molecular weight is 271 g/mol. The fraction of sp³-hybridized carbons (Fsp3) is 0.214. The van der Waals surface area contributed by atoms with Gasteiger partial charge in [-0.1, -0.05) is 12.1 Å². The molecule has 0 unspecified atom stereocenters. The van der Waals surface area contributed by atoms with Gasteiger partial charge in [0.25, 0.3) is 0 Å². The molecular formula is C14H17N5O. The minimum atomic E-state index is 0.0123. The molecule has 20 heavy (non-hydrogen) atoms. The number of benzene rings is 1. The number of Topliss-reactive ketones (excluding diaryl/α,β-unsaturated/α-hetero) is 1. The molecule has 0 spiro atoms. The van der Waals surface area contributed by atoms with Crippen molar-refractivity contribution < 1.29 is 4.79 Å². The predicted octanol–water partition coefficient (Wildman–Crippen LogP) is 2.07. The zero-order valence-corrected chi connectivity index (χ0v) is 11.7. The maximum atomic E-state index is 11.4. The molecule has 0 aliphatic rings. The van der Waals surface area contributed by atoms with Crippen molar-refractivity contribution in [2.75, 3.05) is 30.0 Å². The van der Waals surface area contributed by atoms with Crippen molar-refractivity contribution in [3.63, 3.8) is 0 Å². The molecule has 0 atom stereocenters. The molecule has 0 bridgehead atoms. The summed E-state index contributed by atoms with van der Waals surface area (Å²) in [5.41, 5.74) is 7.89. The Balaban J connectivity index is 2.33. The summed E-state index contributed by atoms with van der Waals surface area (Å²) in [6.45, 7) is 1.53. The highest BCUT2D eigenvalue weighted by molar-refractivity contribution is 5.95. The second-order valence-corrected chi connectivity index (χ2v) is 4.62. The van der Waals surface area contributed by atoms with E-state index in [4.69, 9.17) is 5.73 Å². The number of nitrogens with one attached hydrogen (secondary N) is 1. The van der Waals surface area contributed by atoms with Crippen LogP contribution in [0.4, 0.5) is 23.0 Å². The van der Waals surface area contributed by atoms with Crippen molar-refractivity contribution in [1.29, 1.82) is 0 Å². The maximum absolute atomic E-state index is 11.4. The zero-order valence-electron chi connectivity index (χ0n) is 11.7. The Morgan fingerprint density at radius 2 is 2.05 bits per heavy atom. The largest absolute Gasteiger partial charge is 0.393 e. The van der Waals surface area contributed by atoms with Gasteiger partial charge in [-0.3, -0.25) is 4.79 Å². The van der Waals surface area contributed by atoms with E-state index in [9.17, 15) is 4.79 Å². The van der Waals surface area contributed by atoms with E-state index in [1.54, 1.807) is 12.1 Å². The van der Waals surface area contributed by atoms with Gasteiger partial charge in [-0.25, -0.2) is 9.97 Å². The van der Waals surface area contributed by atoms with Crippen molar-refractivity contribution in [2.45, 2.75) is 6.92 Å². The molecular weight excluding hydrogens is 254 g/mol. The number of nitrogens with zero attached hydrogens (tertiary/aromatic N) is 3. The number of anilines is 4. The number of aromatic nitrogens is 2. The summed E-state index contributed by atoms with van der Waals surface area (Å²) >= 11 is 0. The van der Waals surface area contributed by atoms with Crippen LogP contribution in [0.15, 0.2) is 30.6 Å². The molecule has 0 saturated heterocycles. The summed E-state index contributed by atoms with van der Waals surface area (Å²) < 4.78 is 0. The molecule has 2 rings (SSSR count). The molecule has 0 aliphatic carbocycles. The number of rotatable bonds is 4. The van der Waals surface area contributed by atoms with Gasteiger partial charge in [-0.2, -0.15) is 0 Å². The fourth-order valence-corrected chi connectivity index (χ4v) is 1.79. The number of nitrogens with two attached hydrogens (primary N) is 1. The Bertz CT molecular complexity index is 639. The van der Waals surface area contributed by atoms with E-state index in [2.05, 4.69) is 15.3 Å². The summed E-state index contributed by atoms with van der Waals surface area (Å²) in [5.74, 6) is 1.17. The lowest BCUT2D eigenvalue weighted by Gasteiger charge is -2.16. The molecule has 2 aromatic rings. The minimum absolute atomic E-state index is 0.0123. The lowest BCUT2D eigenvalue weighted by atomic mass is 10.1. The maximum Gasteiger partial charge on any atom is 0.159 e. The quantitative estimate of drug-likeness (QED) is 0.828. The SMILES string of the molecule is CC(=O)c1cccc(Nc2ncnc(N(C)C)c2N)c1. The third-order valence-corrected chi connectivity index (χ3v) is 2.82. The topological polar surface area (TPSA) is 84.1 Å². The van der Waals surface area contributed by atoms with Crippen molar-refractivity contribution >= 4 is 28.8 Å². The first-order valence-corrected chi connectivity index (χ1v) is 6.15. The summed E-state index contributed by atoms with van der Waals surface area (Å²) in [6.07, 6.45) is 1.45.